The molecule has 0 heterocycles. The lowest BCUT2D eigenvalue weighted by atomic mass is 10.1. The molecule has 2 heteroatoms. The summed E-state index contributed by atoms with van der Waals surface area (Å²) in [5.74, 6) is 0. The van der Waals surface area contributed by atoms with Crippen LogP contribution in [0.1, 0.15) is 11.1 Å². The average molecular weight is 186 g/mol. The third-order valence-corrected chi connectivity index (χ3v) is 2.17. The van der Waals surface area contributed by atoms with Gasteiger partial charge in [0, 0.05) is 19.3 Å². The second-order valence-electron chi connectivity index (χ2n) is 3.28. The summed E-state index contributed by atoms with van der Waals surface area (Å²) in [5.41, 5.74) is 2.86. The van der Waals surface area contributed by atoms with Gasteiger partial charge in [0.25, 0.3) is 0 Å². The molecular formula is C12H14N2. The van der Waals surface area contributed by atoms with Crippen molar-refractivity contribution in [3.63, 3.8) is 0 Å². The fourth-order valence-corrected chi connectivity index (χ4v) is 1.31. The van der Waals surface area contributed by atoms with E-state index in [9.17, 15) is 0 Å². The van der Waals surface area contributed by atoms with Crippen LogP contribution in [0, 0.1) is 18.3 Å². The highest BCUT2D eigenvalue weighted by atomic mass is 15.1. The Morgan fingerprint density at radius 3 is 2.79 bits per heavy atom. The van der Waals surface area contributed by atoms with Crippen LogP contribution in [0.4, 0.5) is 5.69 Å². The quantitative estimate of drug-likeness (QED) is 0.678. The van der Waals surface area contributed by atoms with Gasteiger partial charge in [-0.05, 0) is 30.7 Å². The maximum atomic E-state index is 8.77. The predicted molar refractivity (Wildman–Crippen MR) is 59.4 cm³/mol. The summed E-state index contributed by atoms with van der Waals surface area (Å²) in [6, 6.07) is 7.98. The number of hydrogen-bond donors (Lipinski definition) is 0. The van der Waals surface area contributed by atoms with E-state index in [-0.39, 0.29) is 0 Å². The maximum absolute atomic E-state index is 8.77. The van der Waals surface area contributed by atoms with Crippen molar-refractivity contribution in [3.05, 3.63) is 42.0 Å². The van der Waals surface area contributed by atoms with Gasteiger partial charge in [0.05, 0.1) is 11.6 Å². The third kappa shape index (κ3) is 2.14. The molecule has 0 amide bonds. The standard InChI is InChI=1S/C12H14N2/c1-4-7-14(3)12-6-5-11(9-13)10(2)8-12/h4-6,8H,1,7H2,2-3H3. The van der Waals surface area contributed by atoms with Gasteiger partial charge in [-0.15, -0.1) is 6.58 Å². The molecule has 14 heavy (non-hydrogen) atoms. The second kappa shape index (κ2) is 4.48. The van der Waals surface area contributed by atoms with Crippen LogP contribution in [-0.2, 0) is 0 Å². The van der Waals surface area contributed by atoms with E-state index in [0.29, 0.717) is 0 Å². The third-order valence-electron chi connectivity index (χ3n) is 2.17. The zero-order valence-corrected chi connectivity index (χ0v) is 8.62. The summed E-state index contributed by atoms with van der Waals surface area (Å²) < 4.78 is 0. The van der Waals surface area contributed by atoms with E-state index < -0.39 is 0 Å². The van der Waals surface area contributed by atoms with Gasteiger partial charge in [-0.3, -0.25) is 0 Å². The first kappa shape index (κ1) is 10.3. The summed E-state index contributed by atoms with van der Waals surface area (Å²) >= 11 is 0. The smallest absolute Gasteiger partial charge is 0.0994 e. The molecule has 0 atom stereocenters. The first-order chi connectivity index (χ1) is 6.69. The lowest BCUT2D eigenvalue weighted by Crippen LogP contribution is -2.16. The Kier molecular flexibility index (Phi) is 3.30. The predicted octanol–water partition coefficient (Wildman–Crippen LogP) is 2.49. The van der Waals surface area contributed by atoms with Crippen LogP contribution in [-0.4, -0.2) is 13.6 Å². The highest BCUT2D eigenvalue weighted by Gasteiger charge is 2.01. The number of nitriles is 1. The molecule has 0 saturated carbocycles. The highest BCUT2D eigenvalue weighted by molar-refractivity contribution is 5.53. The van der Waals surface area contributed by atoms with Crippen molar-refractivity contribution in [2.45, 2.75) is 6.92 Å². The van der Waals surface area contributed by atoms with Crippen molar-refractivity contribution in [1.29, 1.82) is 5.26 Å². The SMILES string of the molecule is C=CCN(C)c1ccc(C#N)c(C)c1. The van der Waals surface area contributed by atoms with Crippen LogP contribution in [0.2, 0.25) is 0 Å². The topological polar surface area (TPSA) is 27.0 Å². The Balaban J connectivity index is 2.97. The lowest BCUT2D eigenvalue weighted by Gasteiger charge is -2.17. The molecule has 72 valence electrons. The van der Waals surface area contributed by atoms with Gasteiger partial charge in [-0.2, -0.15) is 5.26 Å². The van der Waals surface area contributed by atoms with Crippen LogP contribution < -0.4 is 4.90 Å². The summed E-state index contributed by atoms with van der Waals surface area (Å²) in [5, 5.41) is 8.77. The second-order valence-corrected chi connectivity index (χ2v) is 3.28. The number of hydrogen-bond acceptors (Lipinski definition) is 2. The molecular weight excluding hydrogens is 172 g/mol. The minimum absolute atomic E-state index is 0.737. The fraction of sp³-hybridized carbons (Fsp3) is 0.250. The Hall–Kier alpha value is -1.75. The summed E-state index contributed by atoms with van der Waals surface area (Å²) in [6.45, 7) is 6.45. The summed E-state index contributed by atoms with van der Waals surface area (Å²) in [7, 11) is 2.00. The number of nitrogens with zero attached hydrogens (tertiary/aromatic N) is 2. The summed E-state index contributed by atoms with van der Waals surface area (Å²) in [4.78, 5) is 2.08. The molecule has 0 radical (unpaired) electrons. The van der Waals surface area contributed by atoms with E-state index in [1.54, 1.807) is 0 Å². The highest BCUT2D eigenvalue weighted by Crippen LogP contribution is 2.17. The molecule has 0 spiro atoms. The van der Waals surface area contributed by atoms with Gasteiger partial charge < -0.3 is 4.90 Å². The molecule has 0 aliphatic rings. The Bertz CT molecular complexity index is 374. The Morgan fingerprint density at radius 1 is 1.57 bits per heavy atom. The van der Waals surface area contributed by atoms with Crippen LogP contribution in [0.25, 0.3) is 0 Å². The molecule has 0 unspecified atom stereocenters. The van der Waals surface area contributed by atoms with Crippen molar-refractivity contribution in [3.8, 4) is 6.07 Å². The van der Waals surface area contributed by atoms with Gasteiger partial charge >= 0.3 is 0 Å². The molecule has 0 aromatic heterocycles. The van der Waals surface area contributed by atoms with Crippen molar-refractivity contribution < 1.29 is 0 Å². The minimum atomic E-state index is 0.737. The van der Waals surface area contributed by atoms with Crippen LogP contribution in [0.5, 0.6) is 0 Å². The zero-order valence-electron chi connectivity index (χ0n) is 8.62. The van der Waals surface area contributed by atoms with Crippen molar-refractivity contribution >= 4 is 5.69 Å². The molecule has 1 aromatic rings. The van der Waals surface area contributed by atoms with E-state index in [0.717, 1.165) is 23.4 Å². The van der Waals surface area contributed by atoms with Gasteiger partial charge in [-0.25, -0.2) is 0 Å². The van der Waals surface area contributed by atoms with E-state index >= 15 is 0 Å². The first-order valence-electron chi connectivity index (χ1n) is 4.52. The molecule has 0 fully saturated rings. The van der Waals surface area contributed by atoms with Crippen LogP contribution >= 0.6 is 0 Å². The molecule has 1 aromatic carbocycles. The number of rotatable bonds is 3. The molecule has 0 aliphatic carbocycles. The minimum Gasteiger partial charge on any atom is -0.371 e. The lowest BCUT2D eigenvalue weighted by molar-refractivity contribution is 1.03. The van der Waals surface area contributed by atoms with E-state index in [1.165, 1.54) is 0 Å². The van der Waals surface area contributed by atoms with Crippen molar-refractivity contribution in [1.82, 2.24) is 0 Å². The molecule has 0 aliphatic heterocycles. The van der Waals surface area contributed by atoms with Gasteiger partial charge in [-0.1, -0.05) is 6.08 Å². The van der Waals surface area contributed by atoms with Crippen molar-refractivity contribution in [2.24, 2.45) is 0 Å². The van der Waals surface area contributed by atoms with Crippen LogP contribution in [0.3, 0.4) is 0 Å². The fourth-order valence-electron chi connectivity index (χ4n) is 1.31. The Morgan fingerprint density at radius 2 is 2.29 bits per heavy atom. The van der Waals surface area contributed by atoms with Gasteiger partial charge in [0.2, 0.25) is 0 Å². The van der Waals surface area contributed by atoms with Crippen LogP contribution in [0.15, 0.2) is 30.9 Å². The number of benzene rings is 1. The molecule has 0 saturated heterocycles. The van der Waals surface area contributed by atoms with Gasteiger partial charge in [0.15, 0.2) is 0 Å². The summed E-state index contributed by atoms with van der Waals surface area (Å²) in [6.07, 6.45) is 1.85. The monoisotopic (exact) mass is 186 g/mol. The largest absolute Gasteiger partial charge is 0.371 e. The number of anilines is 1. The average Bonchev–Trinajstić information content (AvgIpc) is 2.18. The van der Waals surface area contributed by atoms with Crippen molar-refractivity contribution in [2.75, 3.05) is 18.5 Å². The normalized spacial score (nSPS) is 9.21. The molecule has 2 nitrogen and oxygen atoms in total. The number of likely N-dealkylation sites (N-methyl/N-ethyl adjacent to an activating group) is 1. The maximum Gasteiger partial charge on any atom is 0.0994 e. The van der Waals surface area contributed by atoms with E-state index in [2.05, 4.69) is 17.5 Å². The molecule has 1 rings (SSSR count). The number of aryl methyl sites for hydroxylation is 1. The van der Waals surface area contributed by atoms with E-state index in [1.807, 2.05) is 38.2 Å². The first-order valence-corrected chi connectivity index (χ1v) is 4.52. The Labute approximate surface area is 85.1 Å². The molecule has 0 bridgehead atoms. The zero-order chi connectivity index (χ0) is 10.6. The van der Waals surface area contributed by atoms with E-state index in [4.69, 9.17) is 5.26 Å². The molecule has 0 N–H and O–H groups in total. The van der Waals surface area contributed by atoms with Gasteiger partial charge in [0.1, 0.15) is 0 Å².